The molecule has 0 saturated heterocycles. The summed E-state index contributed by atoms with van der Waals surface area (Å²) < 4.78 is 46.0. The van der Waals surface area contributed by atoms with Gasteiger partial charge in [0.2, 0.25) is 0 Å². The van der Waals surface area contributed by atoms with Crippen molar-refractivity contribution >= 4 is 21.6 Å². The SMILES string of the molecule is O=C(O)CCCCS(=O)(=O)CCCCCC(=O)[C]1[CH][CH][CH][CH]1.[99Tc].[C-]#[O+].[C-]#[O+].[C-]#[O+]. The van der Waals surface area contributed by atoms with Crippen LogP contribution in [-0.4, -0.2) is 36.8 Å². The first-order valence-corrected chi connectivity index (χ1v) is 10.0. The monoisotopic (exact) mass is 510 g/mol. The topological polar surface area (TPSA) is 148 Å². The standard InChI is InChI=1S/C16H23O5S.3CO.Tc/c17-15(14-8-3-4-9-14)10-2-1-6-12-22(20,21)13-7-5-11-16(18)19;3*1-2;/h3-4,8-9H,1-2,5-7,10-13H2,(H,18,19);;;;/i;;;;1+1. The Morgan fingerprint density at radius 3 is 1.66 bits per heavy atom. The summed E-state index contributed by atoms with van der Waals surface area (Å²) in [4.78, 5) is 22.1. The van der Waals surface area contributed by atoms with E-state index in [2.05, 4.69) is 20.0 Å². The first kappa shape index (κ1) is 35.4. The van der Waals surface area contributed by atoms with Crippen molar-refractivity contribution < 1.29 is 57.2 Å². The molecule has 160 valence electrons. The molecule has 1 aliphatic carbocycles. The molecule has 0 aliphatic heterocycles. The minimum atomic E-state index is -3.10. The summed E-state index contributed by atoms with van der Waals surface area (Å²) in [6.07, 6.45) is 10.4. The fraction of sp³-hybridized carbons (Fsp3) is 0.474. The van der Waals surface area contributed by atoms with Gasteiger partial charge in [-0.3, -0.25) is 9.59 Å². The Hall–Kier alpha value is -1.04. The van der Waals surface area contributed by atoms with Crippen molar-refractivity contribution in [3.05, 3.63) is 51.6 Å². The summed E-state index contributed by atoms with van der Waals surface area (Å²) in [6.45, 7) is 13.5. The molecule has 0 aromatic heterocycles. The maximum atomic E-state index is 11.7. The molecule has 1 saturated carbocycles. The van der Waals surface area contributed by atoms with Crippen LogP contribution in [-0.2, 0) is 53.5 Å². The molecular weight excluding hydrogens is 487 g/mol. The van der Waals surface area contributed by atoms with Crippen molar-refractivity contribution in [2.75, 3.05) is 11.5 Å². The summed E-state index contributed by atoms with van der Waals surface area (Å²) >= 11 is 0. The van der Waals surface area contributed by atoms with Crippen LogP contribution in [0.2, 0.25) is 0 Å². The molecule has 0 aromatic rings. The molecule has 1 N–H and O–H groups in total. The first-order chi connectivity index (χ1) is 13.4. The number of rotatable bonds is 12. The van der Waals surface area contributed by atoms with Gasteiger partial charge >= 0.3 is 39.9 Å². The van der Waals surface area contributed by atoms with E-state index in [1.54, 1.807) is 12.8 Å². The normalized spacial score (nSPS) is 12.3. The number of sulfone groups is 1. The van der Waals surface area contributed by atoms with Gasteiger partial charge in [0.1, 0.15) is 15.6 Å². The average molecular weight is 510 g/mol. The van der Waals surface area contributed by atoms with Gasteiger partial charge in [0.15, 0.2) is 0 Å². The molecule has 1 fully saturated rings. The van der Waals surface area contributed by atoms with Gasteiger partial charge in [0, 0.05) is 38.9 Å². The predicted molar refractivity (Wildman–Crippen MR) is 95.8 cm³/mol. The number of carboxylic acids is 1. The molecule has 10 heteroatoms. The number of hydrogen-bond acceptors (Lipinski definition) is 4. The van der Waals surface area contributed by atoms with E-state index in [-0.39, 0.29) is 43.8 Å². The molecule has 0 spiro atoms. The molecule has 0 atom stereocenters. The summed E-state index contributed by atoms with van der Waals surface area (Å²) in [6, 6.07) is 0. The van der Waals surface area contributed by atoms with Crippen LogP contribution in [0, 0.1) is 51.6 Å². The molecule has 1 rings (SSSR count). The summed E-state index contributed by atoms with van der Waals surface area (Å²) in [7, 11) is -3.10. The second-order valence-electron chi connectivity index (χ2n) is 5.41. The van der Waals surface area contributed by atoms with Crippen molar-refractivity contribution in [2.24, 2.45) is 0 Å². The molecular formula is C19H23O8STc. The van der Waals surface area contributed by atoms with Crippen LogP contribution in [0.3, 0.4) is 0 Å². The number of Topliss-reactive ketones (excluding diaryl/α,β-unsaturated/α-hetero) is 1. The zero-order valence-corrected chi connectivity index (χ0v) is 18.4. The molecule has 8 nitrogen and oxygen atoms in total. The van der Waals surface area contributed by atoms with Crippen molar-refractivity contribution in [3.8, 4) is 0 Å². The van der Waals surface area contributed by atoms with Crippen LogP contribution in [0.15, 0.2) is 0 Å². The fourth-order valence-corrected chi connectivity index (χ4v) is 3.68. The number of aliphatic carboxylic acids is 1. The molecule has 1 aliphatic rings. The predicted octanol–water partition coefficient (Wildman–Crippen LogP) is 2.08. The third kappa shape index (κ3) is 23.1. The number of ketones is 1. The molecule has 0 unspecified atom stereocenters. The van der Waals surface area contributed by atoms with Gasteiger partial charge in [0.25, 0.3) is 0 Å². The Morgan fingerprint density at radius 1 is 0.793 bits per heavy atom. The van der Waals surface area contributed by atoms with Crippen LogP contribution in [0.25, 0.3) is 0 Å². The van der Waals surface area contributed by atoms with E-state index >= 15 is 0 Å². The van der Waals surface area contributed by atoms with Gasteiger partial charge in [-0.05, 0) is 51.4 Å². The molecule has 29 heavy (non-hydrogen) atoms. The van der Waals surface area contributed by atoms with Crippen molar-refractivity contribution in [3.63, 3.8) is 0 Å². The van der Waals surface area contributed by atoms with Crippen LogP contribution < -0.4 is 0 Å². The van der Waals surface area contributed by atoms with Crippen molar-refractivity contribution in [1.82, 2.24) is 0 Å². The number of carbonyl (C=O) groups is 2. The van der Waals surface area contributed by atoms with Crippen LogP contribution in [0.4, 0.5) is 0 Å². The van der Waals surface area contributed by atoms with Crippen molar-refractivity contribution in [1.29, 1.82) is 0 Å². The number of carboxylic acid groups (broad SMARTS) is 1. The third-order valence-electron chi connectivity index (χ3n) is 3.44. The van der Waals surface area contributed by atoms with Gasteiger partial charge in [-0.25, -0.2) is 8.42 Å². The first-order valence-electron chi connectivity index (χ1n) is 8.19. The summed E-state index contributed by atoms with van der Waals surface area (Å²) in [5.74, 6) is 0.0802. The molecule has 0 amide bonds. The number of carbonyl (C=O) groups excluding carboxylic acids is 1. The van der Waals surface area contributed by atoms with Gasteiger partial charge in [-0.15, -0.1) is 0 Å². The minimum absolute atomic E-state index is 0. The van der Waals surface area contributed by atoms with Crippen LogP contribution >= 0.6 is 0 Å². The summed E-state index contributed by atoms with van der Waals surface area (Å²) in [5, 5.41) is 8.48. The molecule has 0 bridgehead atoms. The fourth-order valence-electron chi connectivity index (χ4n) is 2.19. The zero-order chi connectivity index (χ0) is 22.4. The Morgan fingerprint density at radius 2 is 1.21 bits per heavy atom. The van der Waals surface area contributed by atoms with Gasteiger partial charge in [-0.1, -0.05) is 6.42 Å². The summed E-state index contributed by atoms with van der Waals surface area (Å²) in [5.41, 5.74) is 0. The quantitative estimate of drug-likeness (QED) is 0.242. The Kier molecular flexibility index (Phi) is 30.5. The molecule has 6 radical (unpaired) electrons. The van der Waals surface area contributed by atoms with Gasteiger partial charge in [0.05, 0.1) is 11.5 Å². The van der Waals surface area contributed by atoms with Crippen molar-refractivity contribution in [2.45, 2.75) is 44.9 Å². The van der Waals surface area contributed by atoms with E-state index in [0.717, 1.165) is 0 Å². The molecule has 0 heterocycles. The number of unbranched alkanes of at least 4 members (excludes halogenated alkanes) is 3. The third-order valence-corrected chi connectivity index (χ3v) is 5.26. The van der Waals surface area contributed by atoms with E-state index in [1.807, 2.05) is 12.8 Å². The van der Waals surface area contributed by atoms with E-state index in [9.17, 15) is 18.0 Å². The Bertz CT molecular complexity index is 560. The average Bonchev–Trinajstić information content (AvgIpc) is 3.24. The molecule has 0 aromatic carbocycles. The Labute approximate surface area is 186 Å². The van der Waals surface area contributed by atoms with Gasteiger partial charge in [-0.2, -0.15) is 0 Å². The van der Waals surface area contributed by atoms with Gasteiger partial charge < -0.3 is 5.11 Å². The van der Waals surface area contributed by atoms with Crippen LogP contribution in [0.1, 0.15) is 44.9 Å². The van der Waals surface area contributed by atoms with E-state index in [1.165, 1.54) is 0 Å². The van der Waals surface area contributed by atoms with Crippen LogP contribution in [0.5, 0.6) is 0 Å². The van der Waals surface area contributed by atoms with E-state index < -0.39 is 15.8 Å². The van der Waals surface area contributed by atoms with E-state index in [0.29, 0.717) is 44.4 Å². The maximum absolute atomic E-state index is 11.7. The second kappa shape index (κ2) is 25.0. The second-order valence-corrected chi connectivity index (χ2v) is 7.71. The van der Waals surface area contributed by atoms with E-state index in [4.69, 9.17) is 19.1 Å². The number of hydrogen-bond donors (Lipinski definition) is 1. The zero-order valence-electron chi connectivity index (χ0n) is 15.8. The Balaban J connectivity index is -0.000000407.